The first-order chi connectivity index (χ1) is 8.76. The molecule has 1 saturated carbocycles. The molecule has 0 amide bonds. The minimum Gasteiger partial charge on any atom is -0.385 e. The van der Waals surface area contributed by atoms with Gasteiger partial charge in [-0.3, -0.25) is 4.99 Å². The second-order valence-corrected chi connectivity index (χ2v) is 4.93. The van der Waals surface area contributed by atoms with Crippen molar-refractivity contribution in [1.29, 1.82) is 0 Å². The number of rotatable bonds is 6. The molecule has 0 radical (unpaired) electrons. The van der Waals surface area contributed by atoms with E-state index < -0.39 is 0 Å². The zero-order chi connectivity index (χ0) is 13.3. The number of aliphatic imine (C=N–C) groups is 1. The summed E-state index contributed by atoms with van der Waals surface area (Å²) in [6, 6.07) is 0. The minimum atomic E-state index is 0. The number of nitrogens with zero attached hydrogens (tertiary/aromatic N) is 1. The maximum atomic E-state index is 5.23. The smallest absolute Gasteiger partial charge is 0.191 e. The van der Waals surface area contributed by atoms with Gasteiger partial charge >= 0.3 is 0 Å². The van der Waals surface area contributed by atoms with Gasteiger partial charge in [0.1, 0.15) is 0 Å². The van der Waals surface area contributed by atoms with Crippen molar-refractivity contribution in [2.45, 2.75) is 32.1 Å². The third kappa shape index (κ3) is 6.48. The Morgan fingerprint density at radius 3 is 2.58 bits per heavy atom. The van der Waals surface area contributed by atoms with Crippen LogP contribution in [0.2, 0.25) is 0 Å². The van der Waals surface area contributed by atoms with Gasteiger partial charge in [0.05, 0.1) is 6.54 Å². The topological polar surface area (TPSA) is 45.7 Å². The average Bonchev–Trinajstić information content (AvgIpc) is 2.86. The quantitative estimate of drug-likeness (QED) is 0.321. The maximum Gasteiger partial charge on any atom is 0.191 e. The van der Waals surface area contributed by atoms with Crippen molar-refractivity contribution in [3.63, 3.8) is 0 Å². The third-order valence-electron chi connectivity index (χ3n) is 3.71. The molecule has 0 bridgehead atoms. The lowest BCUT2D eigenvalue weighted by Crippen LogP contribution is -2.43. The highest BCUT2D eigenvalue weighted by atomic mass is 127. The zero-order valence-corrected chi connectivity index (χ0v) is 14.3. The summed E-state index contributed by atoms with van der Waals surface area (Å²) in [5.74, 6) is 3.34. The molecule has 19 heavy (non-hydrogen) atoms. The van der Waals surface area contributed by atoms with Gasteiger partial charge in [-0.2, -0.15) is 0 Å². The van der Waals surface area contributed by atoms with Gasteiger partial charge in [-0.1, -0.05) is 18.8 Å². The van der Waals surface area contributed by atoms with Crippen molar-refractivity contribution in [3.8, 4) is 12.3 Å². The summed E-state index contributed by atoms with van der Waals surface area (Å²) in [7, 11) is 3.53. The van der Waals surface area contributed by atoms with Crippen LogP contribution in [0.5, 0.6) is 0 Å². The molecule has 0 heterocycles. The van der Waals surface area contributed by atoms with Crippen molar-refractivity contribution < 1.29 is 4.74 Å². The largest absolute Gasteiger partial charge is 0.385 e. The normalized spacial score (nSPS) is 17.4. The lowest BCUT2D eigenvalue weighted by atomic mass is 9.83. The van der Waals surface area contributed by atoms with E-state index in [9.17, 15) is 0 Å². The van der Waals surface area contributed by atoms with Gasteiger partial charge in [0.15, 0.2) is 5.96 Å². The van der Waals surface area contributed by atoms with Crippen LogP contribution in [0, 0.1) is 17.8 Å². The number of methoxy groups -OCH3 is 1. The molecule has 0 aromatic carbocycles. The molecule has 0 aliphatic heterocycles. The zero-order valence-electron chi connectivity index (χ0n) is 12.0. The fraction of sp³-hybridized carbons (Fsp3) is 0.786. The Hall–Kier alpha value is -0.480. The first kappa shape index (κ1) is 18.5. The predicted molar refractivity (Wildman–Crippen MR) is 91.0 cm³/mol. The van der Waals surface area contributed by atoms with Crippen molar-refractivity contribution in [3.05, 3.63) is 0 Å². The molecule has 0 atom stereocenters. The molecule has 2 N–H and O–H groups in total. The molecule has 1 fully saturated rings. The van der Waals surface area contributed by atoms with Gasteiger partial charge < -0.3 is 15.4 Å². The van der Waals surface area contributed by atoms with Gasteiger partial charge in [-0.25, -0.2) is 0 Å². The molecule has 1 aliphatic carbocycles. The summed E-state index contributed by atoms with van der Waals surface area (Å²) in [4.78, 5) is 4.17. The number of halogens is 1. The lowest BCUT2D eigenvalue weighted by Gasteiger charge is -2.29. The fourth-order valence-electron chi connectivity index (χ4n) is 2.59. The second kappa shape index (κ2) is 10.3. The third-order valence-corrected chi connectivity index (χ3v) is 3.71. The number of ether oxygens (including phenoxy) is 1. The monoisotopic (exact) mass is 379 g/mol. The summed E-state index contributed by atoms with van der Waals surface area (Å²) in [6.45, 7) is 2.28. The van der Waals surface area contributed by atoms with Crippen LogP contribution < -0.4 is 10.6 Å². The van der Waals surface area contributed by atoms with E-state index in [0.717, 1.165) is 25.5 Å². The van der Waals surface area contributed by atoms with Crippen molar-refractivity contribution in [2.75, 3.05) is 33.9 Å². The van der Waals surface area contributed by atoms with Crippen molar-refractivity contribution >= 4 is 29.9 Å². The molecule has 110 valence electrons. The summed E-state index contributed by atoms with van der Waals surface area (Å²) in [5.41, 5.74) is 0.365. The number of guanidine groups is 1. The Morgan fingerprint density at radius 1 is 1.37 bits per heavy atom. The van der Waals surface area contributed by atoms with Crippen LogP contribution >= 0.6 is 24.0 Å². The van der Waals surface area contributed by atoms with Crippen LogP contribution in [0.4, 0.5) is 0 Å². The highest BCUT2D eigenvalue weighted by Gasteiger charge is 2.33. The fourth-order valence-corrected chi connectivity index (χ4v) is 2.59. The van der Waals surface area contributed by atoms with Crippen LogP contribution in [0.15, 0.2) is 4.99 Å². The molecule has 0 unspecified atom stereocenters. The summed E-state index contributed by atoms with van der Waals surface area (Å²) < 4.78 is 5.23. The van der Waals surface area contributed by atoms with E-state index in [4.69, 9.17) is 11.2 Å². The lowest BCUT2D eigenvalue weighted by molar-refractivity contribution is 0.138. The molecule has 4 nitrogen and oxygen atoms in total. The maximum absolute atomic E-state index is 5.23. The number of nitrogens with one attached hydrogen (secondary N) is 2. The van der Waals surface area contributed by atoms with Gasteiger partial charge in [-0.15, -0.1) is 30.4 Å². The Bertz CT molecular complexity index is 306. The molecule has 0 aromatic heterocycles. The Balaban J connectivity index is 0.00000324. The molecule has 5 heteroatoms. The van der Waals surface area contributed by atoms with E-state index in [1.807, 2.05) is 0 Å². The molecule has 1 aliphatic rings. The van der Waals surface area contributed by atoms with Crippen LogP contribution in [0.3, 0.4) is 0 Å². The van der Waals surface area contributed by atoms with E-state index in [-0.39, 0.29) is 24.0 Å². The molecule has 0 spiro atoms. The van der Waals surface area contributed by atoms with Crippen molar-refractivity contribution in [2.24, 2.45) is 10.4 Å². The van der Waals surface area contributed by atoms with Crippen LogP contribution in [-0.4, -0.2) is 39.8 Å². The van der Waals surface area contributed by atoms with E-state index in [1.54, 1.807) is 14.2 Å². The average molecular weight is 379 g/mol. The molecule has 1 rings (SSSR count). The highest BCUT2D eigenvalue weighted by molar-refractivity contribution is 14.0. The van der Waals surface area contributed by atoms with E-state index in [0.29, 0.717) is 12.0 Å². The van der Waals surface area contributed by atoms with Crippen LogP contribution in [-0.2, 0) is 4.74 Å². The molecular weight excluding hydrogens is 353 g/mol. The van der Waals surface area contributed by atoms with Crippen LogP contribution in [0.1, 0.15) is 32.1 Å². The first-order valence-electron chi connectivity index (χ1n) is 6.63. The summed E-state index contributed by atoms with van der Waals surface area (Å²) in [6.07, 6.45) is 11.5. The van der Waals surface area contributed by atoms with E-state index >= 15 is 0 Å². The summed E-state index contributed by atoms with van der Waals surface area (Å²) >= 11 is 0. The molecular formula is C14H26IN3O. The first-order valence-corrected chi connectivity index (χ1v) is 6.63. The van der Waals surface area contributed by atoms with Gasteiger partial charge in [-0.05, 0) is 24.7 Å². The predicted octanol–water partition coefficient (Wildman–Crippen LogP) is 2.00. The van der Waals surface area contributed by atoms with Crippen molar-refractivity contribution in [1.82, 2.24) is 10.6 Å². The van der Waals surface area contributed by atoms with Gasteiger partial charge in [0.2, 0.25) is 0 Å². The van der Waals surface area contributed by atoms with E-state index in [2.05, 4.69) is 21.5 Å². The Labute approximate surface area is 134 Å². The second-order valence-electron chi connectivity index (χ2n) is 4.93. The Morgan fingerprint density at radius 2 is 2.05 bits per heavy atom. The molecule has 0 aromatic rings. The number of hydrogen-bond acceptors (Lipinski definition) is 2. The van der Waals surface area contributed by atoms with E-state index in [1.165, 1.54) is 25.7 Å². The molecule has 0 saturated heterocycles. The minimum absolute atomic E-state index is 0. The number of terminal acetylenes is 1. The van der Waals surface area contributed by atoms with Gasteiger partial charge in [0, 0.05) is 27.3 Å². The Kier molecular flexibility index (Phi) is 10.1. The van der Waals surface area contributed by atoms with Gasteiger partial charge in [0.25, 0.3) is 0 Å². The summed E-state index contributed by atoms with van der Waals surface area (Å²) in [5, 5.41) is 6.47. The standard InChI is InChI=1S/C14H25N3O.HI/c1-4-10-16-13(15-2)17-12-14(9-11-18-3)7-5-6-8-14;/h1H,5-12H2,2-3H3,(H2,15,16,17);1H. The highest BCUT2D eigenvalue weighted by Crippen LogP contribution is 2.40. The SMILES string of the molecule is C#CCNC(=NC)NCC1(CCOC)CCCC1.I. The number of hydrogen-bond donors (Lipinski definition) is 2. The van der Waals surface area contributed by atoms with Crippen LogP contribution in [0.25, 0.3) is 0 Å².